The van der Waals surface area contributed by atoms with Crippen molar-refractivity contribution in [3.05, 3.63) is 29.8 Å². The van der Waals surface area contributed by atoms with E-state index in [1.165, 1.54) is 16.9 Å². The van der Waals surface area contributed by atoms with Gasteiger partial charge >= 0.3 is 0 Å². The number of thioether (sulfide) groups is 1. The Morgan fingerprint density at radius 3 is 2.40 bits per heavy atom. The molecule has 0 heterocycles. The van der Waals surface area contributed by atoms with E-state index in [1.807, 2.05) is 0 Å². The van der Waals surface area contributed by atoms with Crippen molar-refractivity contribution in [3.8, 4) is 0 Å². The quantitative estimate of drug-likeness (QED) is 0.781. The lowest BCUT2D eigenvalue weighted by Crippen LogP contribution is -2.21. The second-order valence-corrected chi connectivity index (χ2v) is 5.36. The fraction of sp³-hybridized carbons (Fsp3) is 0.538. The van der Waals surface area contributed by atoms with E-state index in [1.54, 1.807) is 11.8 Å². The molecule has 0 bridgehead atoms. The summed E-state index contributed by atoms with van der Waals surface area (Å²) in [5.41, 5.74) is 1.40. The summed E-state index contributed by atoms with van der Waals surface area (Å²) in [7, 11) is 0. The van der Waals surface area contributed by atoms with Gasteiger partial charge in [-0.05, 0) is 43.2 Å². The van der Waals surface area contributed by atoms with Crippen LogP contribution >= 0.6 is 11.8 Å². The van der Waals surface area contributed by atoms with Crippen molar-refractivity contribution in [1.82, 2.24) is 5.32 Å². The normalized spacial score (nSPS) is 26.3. The smallest absolute Gasteiger partial charge is 0.0294 e. The molecular weight excluding hydrogens is 202 g/mol. The molecule has 82 valence electrons. The molecule has 0 aliphatic heterocycles. The average Bonchev–Trinajstić information content (AvgIpc) is 2.94. The van der Waals surface area contributed by atoms with E-state index in [9.17, 15) is 0 Å². The zero-order chi connectivity index (χ0) is 10.8. The molecular formula is C13H19NS. The topological polar surface area (TPSA) is 12.0 Å². The van der Waals surface area contributed by atoms with Crippen LogP contribution in [0.5, 0.6) is 0 Å². The molecule has 0 saturated heterocycles. The van der Waals surface area contributed by atoms with Crippen LogP contribution in [0.3, 0.4) is 0 Å². The molecule has 1 aromatic carbocycles. The Hall–Kier alpha value is -0.470. The van der Waals surface area contributed by atoms with Gasteiger partial charge in [-0.2, -0.15) is 0 Å². The molecule has 3 unspecified atom stereocenters. The minimum atomic E-state index is 0.482. The number of hydrogen-bond donors (Lipinski definition) is 1. The first-order valence-electron chi connectivity index (χ1n) is 5.60. The summed E-state index contributed by atoms with van der Waals surface area (Å²) < 4.78 is 0. The van der Waals surface area contributed by atoms with E-state index in [0.717, 1.165) is 12.0 Å². The minimum Gasteiger partial charge on any atom is -0.307 e. The van der Waals surface area contributed by atoms with Crippen molar-refractivity contribution in [3.63, 3.8) is 0 Å². The monoisotopic (exact) mass is 221 g/mol. The zero-order valence-corrected chi connectivity index (χ0v) is 10.5. The largest absolute Gasteiger partial charge is 0.307 e. The maximum atomic E-state index is 3.65. The Kier molecular flexibility index (Phi) is 3.37. The second kappa shape index (κ2) is 4.58. The Balaban J connectivity index is 1.95. The molecule has 1 fully saturated rings. The van der Waals surface area contributed by atoms with Gasteiger partial charge in [0.05, 0.1) is 0 Å². The molecule has 1 aliphatic carbocycles. The summed E-state index contributed by atoms with van der Waals surface area (Å²) in [4.78, 5) is 1.34. The van der Waals surface area contributed by atoms with Gasteiger partial charge in [-0.3, -0.25) is 0 Å². The Bertz CT molecular complexity index is 320. The van der Waals surface area contributed by atoms with E-state index in [2.05, 4.69) is 49.7 Å². The Morgan fingerprint density at radius 2 is 1.93 bits per heavy atom. The summed E-state index contributed by atoms with van der Waals surface area (Å²) in [6.45, 7) is 4.56. The molecule has 0 amide bonds. The summed E-state index contributed by atoms with van der Waals surface area (Å²) in [6.07, 6.45) is 3.45. The molecule has 1 aliphatic rings. The van der Waals surface area contributed by atoms with Gasteiger partial charge in [0.1, 0.15) is 0 Å². The minimum absolute atomic E-state index is 0.482. The highest BCUT2D eigenvalue weighted by atomic mass is 32.2. The number of benzene rings is 1. The van der Waals surface area contributed by atoms with Crippen molar-refractivity contribution in [1.29, 1.82) is 0 Å². The molecule has 0 spiro atoms. The van der Waals surface area contributed by atoms with E-state index in [4.69, 9.17) is 0 Å². The van der Waals surface area contributed by atoms with Gasteiger partial charge in [0.15, 0.2) is 0 Å². The number of hydrogen-bond acceptors (Lipinski definition) is 2. The van der Waals surface area contributed by atoms with Crippen LogP contribution in [-0.2, 0) is 0 Å². The summed E-state index contributed by atoms with van der Waals surface area (Å²) in [5, 5.41) is 3.65. The van der Waals surface area contributed by atoms with Crippen LogP contribution in [-0.4, -0.2) is 12.3 Å². The zero-order valence-electron chi connectivity index (χ0n) is 9.66. The van der Waals surface area contributed by atoms with Gasteiger partial charge in [0, 0.05) is 17.0 Å². The van der Waals surface area contributed by atoms with Crippen LogP contribution in [0, 0.1) is 5.92 Å². The van der Waals surface area contributed by atoms with Crippen LogP contribution < -0.4 is 5.32 Å². The molecule has 0 radical (unpaired) electrons. The molecule has 1 N–H and O–H groups in total. The molecule has 1 nitrogen and oxygen atoms in total. The Morgan fingerprint density at radius 1 is 1.33 bits per heavy atom. The second-order valence-electron chi connectivity index (χ2n) is 4.48. The van der Waals surface area contributed by atoms with Gasteiger partial charge < -0.3 is 5.32 Å². The Labute approximate surface area is 96.7 Å². The van der Waals surface area contributed by atoms with Gasteiger partial charge in [-0.1, -0.05) is 19.1 Å². The lowest BCUT2D eigenvalue weighted by atomic mass is 10.1. The van der Waals surface area contributed by atoms with Gasteiger partial charge in [-0.25, -0.2) is 0 Å². The summed E-state index contributed by atoms with van der Waals surface area (Å²) >= 11 is 1.80. The van der Waals surface area contributed by atoms with Crippen molar-refractivity contribution in [2.45, 2.75) is 37.2 Å². The summed E-state index contributed by atoms with van der Waals surface area (Å²) in [5.74, 6) is 0.873. The fourth-order valence-corrected chi connectivity index (χ4v) is 2.27. The lowest BCUT2D eigenvalue weighted by Gasteiger charge is -2.14. The van der Waals surface area contributed by atoms with E-state index in [0.29, 0.717) is 6.04 Å². The molecule has 1 aromatic rings. The average molecular weight is 221 g/mol. The number of rotatable bonds is 4. The fourth-order valence-electron chi connectivity index (χ4n) is 1.86. The van der Waals surface area contributed by atoms with Crippen molar-refractivity contribution in [2.24, 2.45) is 5.92 Å². The van der Waals surface area contributed by atoms with Crippen LogP contribution in [0.2, 0.25) is 0 Å². The standard InChI is InChI=1S/C13H19NS/c1-9-8-13(9)14-10(2)11-4-6-12(15-3)7-5-11/h4-7,9-10,13-14H,8H2,1-3H3. The van der Waals surface area contributed by atoms with E-state index >= 15 is 0 Å². The van der Waals surface area contributed by atoms with Crippen molar-refractivity contribution < 1.29 is 0 Å². The van der Waals surface area contributed by atoms with E-state index < -0.39 is 0 Å². The number of nitrogens with one attached hydrogen (secondary N) is 1. The predicted molar refractivity (Wildman–Crippen MR) is 67.3 cm³/mol. The third kappa shape index (κ3) is 2.76. The van der Waals surface area contributed by atoms with E-state index in [-0.39, 0.29) is 0 Å². The van der Waals surface area contributed by atoms with Crippen LogP contribution in [0.15, 0.2) is 29.2 Å². The molecule has 1 saturated carbocycles. The molecule has 2 rings (SSSR count). The highest BCUT2D eigenvalue weighted by Gasteiger charge is 2.33. The lowest BCUT2D eigenvalue weighted by molar-refractivity contribution is 0.551. The van der Waals surface area contributed by atoms with Crippen LogP contribution in [0.1, 0.15) is 31.9 Å². The highest BCUT2D eigenvalue weighted by molar-refractivity contribution is 7.98. The van der Waals surface area contributed by atoms with Gasteiger partial charge in [0.25, 0.3) is 0 Å². The van der Waals surface area contributed by atoms with Crippen LogP contribution in [0.25, 0.3) is 0 Å². The van der Waals surface area contributed by atoms with Gasteiger partial charge in [-0.15, -0.1) is 11.8 Å². The van der Waals surface area contributed by atoms with Gasteiger partial charge in [0.2, 0.25) is 0 Å². The first kappa shape index (κ1) is 11.0. The first-order chi connectivity index (χ1) is 7.20. The third-order valence-electron chi connectivity index (χ3n) is 3.19. The molecule has 3 atom stereocenters. The molecule has 2 heteroatoms. The molecule has 0 aromatic heterocycles. The SMILES string of the molecule is CSc1ccc(C(C)NC2CC2C)cc1. The third-order valence-corrected chi connectivity index (χ3v) is 3.93. The highest BCUT2D eigenvalue weighted by Crippen LogP contribution is 2.31. The van der Waals surface area contributed by atoms with Crippen molar-refractivity contribution >= 4 is 11.8 Å². The molecule has 15 heavy (non-hydrogen) atoms. The summed E-state index contributed by atoms with van der Waals surface area (Å²) in [6, 6.07) is 10.1. The maximum absolute atomic E-state index is 3.65. The van der Waals surface area contributed by atoms with Crippen LogP contribution in [0.4, 0.5) is 0 Å². The predicted octanol–water partition coefficient (Wildman–Crippen LogP) is 3.47. The first-order valence-corrected chi connectivity index (χ1v) is 6.83. The maximum Gasteiger partial charge on any atom is 0.0294 e. The van der Waals surface area contributed by atoms with Crippen molar-refractivity contribution in [2.75, 3.05) is 6.26 Å².